The summed E-state index contributed by atoms with van der Waals surface area (Å²) >= 11 is 15.3. The normalized spacial score (nSPS) is 10.4. The molecule has 0 aliphatic carbocycles. The fourth-order valence-corrected chi connectivity index (χ4v) is 4.03. The van der Waals surface area contributed by atoms with E-state index < -0.39 is 0 Å². The lowest BCUT2D eigenvalue weighted by Gasteiger charge is -2.11. The lowest BCUT2D eigenvalue weighted by molar-refractivity contribution is -0.118. The average molecular weight is 508 g/mol. The molecular formula is C22H17BrCl2N2O3. The van der Waals surface area contributed by atoms with Crippen LogP contribution < -0.4 is 15.4 Å². The highest BCUT2D eigenvalue weighted by Crippen LogP contribution is 2.36. The number of halogens is 3. The van der Waals surface area contributed by atoms with E-state index in [4.69, 9.17) is 27.9 Å². The summed E-state index contributed by atoms with van der Waals surface area (Å²) in [6.07, 6.45) is 0. The van der Waals surface area contributed by atoms with E-state index in [2.05, 4.69) is 26.6 Å². The molecule has 0 heterocycles. The molecule has 0 bridgehead atoms. The van der Waals surface area contributed by atoms with Crippen molar-refractivity contribution in [1.29, 1.82) is 0 Å². The van der Waals surface area contributed by atoms with Crippen LogP contribution in [0.3, 0.4) is 0 Å². The molecule has 0 unspecified atom stereocenters. The minimum Gasteiger partial charge on any atom is -0.481 e. The number of aryl methyl sites for hydroxylation is 1. The van der Waals surface area contributed by atoms with Gasteiger partial charge >= 0.3 is 0 Å². The number of carbonyl (C=O) groups is 2. The highest BCUT2D eigenvalue weighted by atomic mass is 79.9. The van der Waals surface area contributed by atoms with Crippen LogP contribution in [0.4, 0.5) is 11.4 Å². The molecule has 0 aromatic heterocycles. The zero-order valence-electron chi connectivity index (χ0n) is 15.8. The van der Waals surface area contributed by atoms with Gasteiger partial charge in [-0.1, -0.05) is 41.4 Å². The minimum absolute atomic E-state index is 0.191. The first-order valence-electron chi connectivity index (χ1n) is 8.87. The van der Waals surface area contributed by atoms with Gasteiger partial charge in [0.15, 0.2) is 12.4 Å². The molecule has 5 nitrogen and oxygen atoms in total. The van der Waals surface area contributed by atoms with Crippen molar-refractivity contribution in [1.82, 2.24) is 0 Å². The summed E-state index contributed by atoms with van der Waals surface area (Å²) in [5.74, 6) is -0.209. The molecular weight excluding hydrogens is 491 g/mol. The highest BCUT2D eigenvalue weighted by Gasteiger charge is 2.12. The second-order valence-electron chi connectivity index (χ2n) is 6.38. The molecule has 0 saturated heterocycles. The third kappa shape index (κ3) is 5.75. The minimum atomic E-state index is -0.357. The number of carbonyl (C=O) groups excluding carboxylic acids is 2. The predicted molar refractivity (Wildman–Crippen MR) is 124 cm³/mol. The molecule has 0 saturated carbocycles. The molecule has 154 valence electrons. The van der Waals surface area contributed by atoms with Gasteiger partial charge < -0.3 is 15.4 Å². The lowest BCUT2D eigenvalue weighted by Crippen LogP contribution is -2.20. The van der Waals surface area contributed by atoms with Crippen molar-refractivity contribution in [3.63, 3.8) is 0 Å². The molecule has 30 heavy (non-hydrogen) atoms. The number of anilines is 2. The Kier molecular flexibility index (Phi) is 7.37. The summed E-state index contributed by atoms with van der Waals surface area (Å²) in [4.78, 5) is 24.5. The van der Waals surface area contributed by atoms with Crippen LogP contribution in [0.15, 0.2) is 65.1 Å². The van der Waals surface area contributed by atoms with E-state index in [1.807, 2.05) is 25.1 Å². The van der Waals surface area contributed by atoms with Gasteiger partial charge in [-0.15, -0.1) is 0 Å². The number of hydrogen-bond acceptors (Lipinski definition) is 3. The first kappa shape index (κ1) is 22.2. The second kappa shape index (κ2) is 9.98. The average Bonchev–Trinajstić information content (AvgIpc) is 2.69. The summed E-state index contributed by atoms with van der Waals surface area (Å²) in [5.41, 5.74) is 2.69. The van der Waals surface area contributed by atoms with E-state index in [1.54, 1.807) is 36.4 Å². The summed E-state index contributed by atoms with van der Waals surface area (Å²) in [6.45, 7) is 1.65. The van der Waals surface area contributed by atoms with Crippen LogP contribution in [0.25, 0.3) is 0 Å². The predicted octanol–water partition coefficient (Wildman–Crippen LogP) is 6.33. The number of hydrogen-bond donors (Lipinski definition) is 2. The lowest BCUT2D eigenvalue weighted by atomic mass is 10.1. The van der Waals surface area contributed by atoms with Crippen molar-refractivity contribution in [2.45, 2.75) is 6.92 Å². The standard InChI is InChI=1S/C22H17BrCl2N2O3/c1-13-4-2-3-5-17(13)22(29)27-16-8-6-15(7-9-16)26-20(28)12-30-21-18(23)10-14(24)11-19(21)25/h2-11H,12H2,1H3,(H,26,28)(H,27,29). The van der Waals surface area contributed by atoms with Crippen molar-refractivity contribution < 1.29 is 14.3 Å². The van der Waals surface area contributed by atoms with Gasteiger partial charge in [-0.2, -0.15) is 0 Å². The maximum absolute atomic E-state index is 12.4. The van der Waals surface area contributed by atoms with Crippen LogP contribution in [0.5, 0.6) is 5.75 Å². The Morgan fingerprint density at radius 1 is 0.967 bits per heavy atom. The van der Waals surface area contributed by atoms with Gasteiger partial charge in [0.2, 0.25) is 0 Å². The summed E-state index contributed by atoms with van der Waals surface area (Å²) < 4.78 is 6.04. The van der Waals surface area contributed by atoms with Gasteiger partial charge in [0, 0.05) is 22.0 Å². The van der Waals surface area contributed by atoms with E-state index in [1.165, 1.54) is 6.07 Å². The fourth-order valence-electron chi connectivity index (χ4n) is 2.66. The molecule has 0 radical (unpaired) electrons. The Bertz CT molecular complexity index is 1060. The first-order chi connectivity index (χ1) is 14.3. The quantitative estimate of drug-likeness (QED) is 0.409. The Morgan fingerprint density at radius 2 is 1.60 bits per heavy atom. The van der Waals surface area contributed by atoms with E-state index in [9.17, 15) is 9.59 Å². The topological polar surface area (TPSA) is 67.4 Å². The van der Waals surface area contributed by atoms with Gasteiger partial charge in [-0.05, 0) is 70.9 Å². The van der Waals surface area contributed by atoms with Crippen LogP contribution in [0.1, 0.15) is 15.9 Å². The van der Waals surface area contributed by atoms with Crippen molar-refractivity contribution in [3.8, 4) is 5.75 Å². The Balaban J connectivity index is 1.56. The maximum atomic E-state index is 12.4. The maximum Gasteiger partial charge on any atom is 0.262 e. The molecule has 0 aliphatic rings. The van der Waals surface area contributed by atoms with Gasteiger partial charge in [-0.3, -0.25) is 9.59 Å². The fraction of sp³-hybridized carbons (Fsp3) is 0.0909. The Labute approximate surface area is 192 Å². The third-order valence-electron chi connectivity index (χ3n) is 4.13. The number of nitrogens with one attached hydrogen (secondary N) is 2. The molecule has 0 aliphatic heterocycles. The second-order valence-corrected chi connectivity index (χ2v) is 8.08. The molecule has 8 heteroatoms. The Hall–Kier alpha value is -2.54. The van der Waals surface area contributed by atoms with Crippen LogP contribution in [0.2, 0.25) is 10.0 Å². The monoisotopic (exact) mass is 506 g/mol. The largest absolute Gasteiger partial charge is 0.481 e. The van der Waals surface area contributed by atoms with Gasteiger partial charge in [-0.25, -0.2) is 0 Å². The van der Waals surface area contributed by atoms with Crippen LogP contribution in [-0.4, -0.2) is 18.4 Å². The number of amides is 2. The number of rotatable bonds is 6. The van der Waals surface area contributed by atoms with Crippen LogP contribution in [-0.2, 0) is 4.79 Å². The van der Waals surface area contributed by atoms with Crippen molar-refractivity contribution in [2.24, 2.45) is 0 Å². The number of benzene rings is 3. The van der Waals surface area contributed by atoms with Gasteiger partial charge in [0.05, 0.1) is 9.50 Å². The Morgan fingerprint density at radius 3 is 2.23 bits per heavy atom. The van der Waals surface area contributed by atoms with E-state index in [-0.39, 0.29) is 18.4 Å². The van der Waals surface area contributed by atoms with Crippen molar-refractivity contribution in [2.75, 3.05) is 17.2 Å². The van der Waals surface area contributed by atoms with Gasteiger partial charge in [0.1, 0.15) is 0 Å². The highest BCUT2D eigenvalue weighted by molar-refractivity contribution is 9.10. The molecule has 3 aromatic rings. The van der Waals surface area contributed by atoms with E-state index in [0.717, 1.165) is 5.56 Å². The summed E-state index contributed by atoms with van der Waals surface area (Å²) in [7, 11) is 0. The molecule has 0 fully saturated rings. The number of ether oxygens (including phenoxy) is 1. The van der Waals surface area contributed by atoms with Crippen LogP contribution in [0, 0.1) is 6.92 Å². The van der Waals surface area contributed by atoms with E-state index >= 15 is 0 Å². The van der Waals surface area contributed by atoms with Gasteiger partial charge in [0.25, 0.3) is 11.8 Å². The first-order valence-corrected chi connectivity index (χ1v) is 10.4. The molecule has 0 atom stereocenters. The van der Waals surface area contributed by atoms with Crippen LogP contribution >= 0.6 is 39.1 Å². The van der Waals surface area contributed by atoms with Crippen molar-refractivity contribution in [3.05, 3.63) is 86.3 Å². The molecule has 2 amide bonds. The third-order valence-corrected chi connectivity index (χ3v) is 5.21. The summed E-state index contributed by atoms with van der Waals surface area (Å²) in [6, 6.07) is 17.3. The SMILES string of the molecule is Cc1ccccc1C(=O)Nc1ccc(NC(=O)COc2c(Cl)cc(Cl)cc2Br)cc1. The molecule has 3 rings (SSSR count). The molecule has 2 N–H and O–H groups in total. The molecule has 3 aromatic carbocycles. The van der Waals surface area contributed by atoms with Crippen molar-refractivity contribution >= 4 is 62.3 Å². The van der Waals surface area contributed by atoms with E-state index in [0.29, 0.717) is 37.2 Å². The summed E-state index contributed by atoms with van der Waals surface area (Å²) in [5, 5.41) is 6.32. The molecule has 0 spiro atoms. The zero-order valence-corrected chi connectivity index (χ0v) is 18.9. The smallest absolute Gasteiger partial charge is 0.262 e. The zero-order chi connectivity index (χ0) is 21.7.